The van der Waals surface area contributed by atoms with Crippen LogP contribution in [0.5, 0.6) is 0 Å². The highest BCUT2D eigenvalue weighted by Crippen LogP contribution is 2.28. The lowest BCUT2D eigenvalue weighted by molar-refractivity contribution is 0.572. The summed E-state index contributed by atoms with van der Waals surface area (Å²) in [6.07, 6.45) is 2.01. The van der Waals surface area contributed by atoms with Gasteiger partial charge in [-0.1, -0.05) is 26.8 Å². The topological polar surface area (TPSA) is 30.7 Å². The van der Waals surface area contributed by atoms with Crippen molar-refractivity contribution in [3.63, 3.8) is 0 Å². The Kier molecular flexibility index (Phi) is 3.76. The van der Waals surface area contributed by atoms with Gasteiger partial charge in [-0.2, -0.15) is 0 Å². The van der Waals surface area contributed by atoms with E-state index in [9.17, 15) is 4.39 Å². The third-order valence-corrected chi connectivity index (χ3v) is 3.70. The van der Waals surface area contributed by atoms with Crippen LogP contribution in [-0.2, 0) is 5.41 Å². The average Bonchev–Trinajstić information content (AvgIpc) is 2.93. The van der Waals surface area contributed by atoms with Crippen LogP contribution in [-0.4, -0.2) is 14.5 Å². The lowest BCUT2D eigenvalue weighted by Gasteiger charge is -2.14. The number of aryl methyl sites for hydroxylation is 1. The number of rotatable bonds is 2. The molecular weight excluding hydrogens is 289 g/mol. The van der Waals surface area contributed by atoms with Gasteiger partial charge in [0.25, 0.3) is 0 Å². The van der Waals surface area contributed by atoms with Gasteiger partial charge in [0.2, 0.25) is 0 Å². The summed E-state index contributed by atoms with van der Waals surface area (Å²) < 4.78 is 15.2. The van der Waals surface area contributed by atoms with Gasteiger partial charge in [0, 0.05) is 23.0 Å². The summed E-state index contributed by atoms with van der Waals surface area (Å²) in [7, 11) is 0. The van der Waals surface area contributed by atoms with E-state index in [2.05, 4.69) is 25.8 Å². The van der Waals surface area contributed by atoms with Gasteiger partial charge in [0.15, 0.2) is 5.82 Å². The summed E-state index contributed by atoms with van der Waals surface area (Å²) >= 11 is 0. The first kappa shape index (κ1) is 15.4. The standard InChI is InChI=1S/C19H20FN3/c1-13-6-5-7-16(21-13)18-22-17(19(2,3)4)12-23(18)15-10-8-14(20)9-11-15/h5-12H,1-4H3. The maximum absolute atomic E-state index is 13.2. The van der Waals surface area contributed by atoms with Gasteiger partial charge in [-0.3, -0.25) is 4.57 Å². The molecule has 0 radical (unpaired) electrons. The molecule has 0 amide bonds. The lowest BCUT2D eigenvalue weighted by atomic mass is 9.93. The minimum atomic E-state index is -0.250. The van der Waals surface area contributed by atoms with Gasteiger partial charge in [0.05, 0.1) is 5.69 Å². The number of aromatic nitrogens is 3. The largest absolute Gasteiger partial charge is 0.298 e. The molecule has 2 aromatic heterocycles. The molecule has 0 atom stereocenters. The fraction of sp³-hybridized carbons (Fsp3) is 0.263. The highest BCUT2D eigenvalue weighted by Gasteiger charge is 2.21. The first-order valence-electron chi connectivity index (χ1n) is 7.64. The van der Waals surface area contributed by atoms with Crippen LogP contribution in [0.2, 0.25) is 0 Å². The van der Waals surface area contributed by atoms with E-state index in [1.165, 1.54) is 12.1 Å². The predicted molar refractivity (Wildman–Crippen MR) is 90.2 cm³/mol. The van der Waals surface area contributed by atoms with Crippen LogP contribution in [0.15, 0.2) is 48.7 Å². The van der Waals surface area contributed by atoms with Gasteiger partial charge >= 0.3 is 0 Å². The number of hydrogen-bond donors (Lipinski definition) is 0. The Labute approximate surface area is 135 Å². The summed E-state index contributed by atoms with van der Waals surface area (Å²) in [5.41, 5.74) is 3.51. The van der Waals surface area contributed by atoms with E-state index in [4.69, 9.17) is 4.98 Å². The highest BCUT2D eigenvalue weighted by atomic mass is 19.1. The van der Waals surface area contributed by atoms with Crippen molar-refractivity contribution in [3.05, 3.63) is 65.9 Å². The number of hydrogen-bond acceptors (Lipinski definition) is 2. The van der Waals surface area contributed by atoms with Gasteiger partial charge in [-0.25, -0.2) is 14.4 Å². The maximum Gasteiger partial charge on any atom is 0.163 e. The van der Waals surface area contributed by atoms with Crippen molar-refractivity contribution in [1.29, 1.82) is 0 Å². The zero-order valence-corrected chi connectivity index (χ0v) is 13.8. The summed E-state index contributed by atoms with van der Waals surface area (Å²) in [5.74, 6) is 0.519. The minimum absolute atomic E-state index is 0.0795. The fourth-order valence-electron chi connectivity index (χ4n) is 2.39. The number of pyridine rings is 1. The summed E-state index contributed by atoms with van der Waals surface area (Å²) in [5, 5.41) is 0. The molecular formula is C19H20FN3. The average molecular weight is 309 g/mol. The summed E-state index contributed by atoms with van der Waals surface area (Å²) in [6.45, 7) is 8.33. The van der Waals surface area contributed by atoms with E-state index in [-0.39, 0.29) is 11.2 Å². The van der Waals surface area contributed by atoms with Crippen molar-refractivity contribution in [2.45, 2.75) is 33.1 Å². The molecule has 0 fully saturated rings. The Morgan fingerprint density at radius 2 is 1.65 bits per heavy atom. The highest BCUT2D eigenvalue weighted by molar-refractivity contribution is 5.55. The number of benzene rings is 1. The minimum Gasteiger partial charge on any atom is -0.298 e. The molecule has 4 heteroatoms. The van der Waals surface area contributed by atoms with Crippen molar-refractivity contribution in [2.24, 2.45) is 0 Å². The Bertz CT molecular complexity index is 827. The molecule has 3 rings (SSSR count). The first-order chi connectivity index (χ1) is 10.8. The molecule has 0 saturated carbocycles. The van der Waals surface area contributed by atoms with Crippen LogP contribution in [0.4, 0.5) is 4.39 Å². The summed E-state index contributed by atoms with van der Waals surface area (Å²) in [4.78, 5) is 9.38. The van der Waals surface area contributed by atoms with Gasteiger partial charge in [-0.05, 0) is 43.3 Å². The number of halogens is 1. The Morgan fingerprint density at radius 1 is 0.957 bits per heavy atom. The molecule has 1 aromatic carbocycles. The molecule has 3 aromatic rings. The summed E-state index contributed by atoms with van der Waals surface area (Å²) in [6, 6.07) is 12.3. The number of nitrogens with zero attached hydrogens (tertiary/aromatic N) is 3. The quantitative estimate of drug-likeness (QED) is 0.688. The molecule has 0 aliphatic rings. The van der Waals surface area contributed by atoms with E-state index >= 15 is 0 Å². The Morgan fingerprint density at radius 3 is 2.26 bits per heavy atom. The molecule has 2 heterocycles. The van der Waals surface area contributed by atoms with Crippen molar-refractivity contribution in [3.8, 4) is 17.2 Å². The van der Waals surface area contributed by atoms with E-state index < -0.39 is 0 Å². The third-order valence-electron chi connectivity index (χ3n) is 3.70. The second-order valence-corrected chi connectivity index (χ2v) is 6.71. The van der Waals surface area contributed by atoms with E-state index in [1.54, 1.807) is 12.1 Å². The third kappa shape index (κ3) is 3.16. The number of imidazole rings is 1. The van der Waals surface area contributed by atoms with Gasteiger partial charge < -0.3 is 0 Å². The van der Waals surface area contributed by atoms with E-state index in [0.717, 1.165) is 28.6 Å². The van der Waals surface area contributed by atoms with E-state index in [1.807, 2.05) is 35.9 Å². The van der Waals surface area contributed by atoms with Crippen LogP contribution in [0.3, 0.4) is 0 Å². The zero-order valence-electron chi connectivity index (χ0n) is 13.8. The second-order valence-electron chi connectivity index (χ2n) is 6.71. The normalized spacial score (nSPS) is 11.7. The van der Waals surface area contributed by atoms with Gasteiger partial charge in [-0.15, -0.1) is 0 Å². The molecule has 0 bridgehead atoms. The SMILES string of the molecule is Cc1cccc(-c2nc(C(C)(C)C)cn2-c2ccc(F)cc2)n1. The molecule has 3 nitrogen and oxygen atoms in total. The molecule has 0 saturated heterocycles. The maximum atomic E-state index is 13.2. The van der Waals surface area contributed by atoms with Crippen LogP contribution < -0.4 is 0 Å². The first-order valence-corrected chi connectivity index (χ1v) is 7.64. The zero-order chi connectivity index (χ0) is 16.6. The smallest absolute Gasteiger partial charge is 0.163 e. The van der Waals surface area contributed by atoms with Crippen LogP contribution in [0.25, 0.3) is 17.2 Å². The molecule has 23 heavy (non-hydrogen) atoms. The molecule has 0 N–H and O–H groups in total. The monoisotopic (exact) mass is 309 g/mol. The molecule has 118 valence electrons. The fourth-order valence-corrected chi connectivity index (χ4v) is 2.39. The van der Waals surface area contributed by atoms with Crippen molar-refractivity contribution < 1.29 is 4.39 Å². The second kappa shape index (κ2) is 5.61. The molecule has 0 aliphatic heterocycles. The van der Waals surface area contributed by atoms with Crippen molar-refractivity contribution >= 4 is 0 Å². The van der Waals surface area contributed by atoms with Crippen molar-refractivity contribution in [2.75, 3.05) is 0 Å². The van der Waals surface area contributed by atoms with Crippen LogP contribution in [0.1, 0.15) is 32.2 Å². The Balaban J connectivity index is 2.21. The van der Waals surface area contributed by atoms with E-state index in [0.29, 0.717) is 0 Å². The van der Waals surface area contributed by atoms with Crippen LogP contribution in [0, 0.1) is 12.7 Å². The van der Waals surface area contributed by atoms with Gasteiger partial charge in [0.1, 0.15) is 11.5 Å². The van der Waals surface area contributed by atoms with Crippen molar-refractivity contribution in [1.82, 2.24) is 14.5 Å². The molecule has 0 unspecified atom stereocenters. The Hall–Kier alpha value is -2.49. The molecule has 0 aliphatic carbocycles. The predicted octanol–water partition coefficient (Wildman–Crippen LogP) is 4.68. The molecule has 0 spiro atoms. The lowest BCUT2D eigenvalue weighted by Crippen LogP contribution is -2.11. The van der Waals surface area contributed by atoms with Crippen LogP contribution >= 0.6 is 0 Å².